The first-order chi connectivity index (χ1) is 14.2. The largest absolute Gasteiger partial charge is 0.481 e. The van der Waals surface area contributed by atoms with Crippen LogP contribution >= 0.6 is 0 Å². The van der Waals surface area contributed by atoms with Crippen LogP contribution in [0, 0.1) is 13.8 Å². The highest BCUT2D eigenvalue weighted by atomic mass is 16.4. The van der Waals surface area contributed by atoms with Gasteiger partial charge in [-0.05, 0) is 37.5 Å². The number of carbonyl (C=O) groups is 4. The summed E-state index contributed by atoms with van der Waals surface area (Å²) < 4.78 is 0. The molecule has 1 fully saturated rings. The number of rotatable bonds is 7. The third-order valence-corrected chi connectivity index (χ3v) is 5.11. The van der Waals surface area contributed by atoms with Crippen molar-refractivity contribution in [2.45, 2.75) is 32.2 Å². The molecular formula is C22H23N3O5. The zero-order chi connectivity index (χ0) is 21.9. The third-order valence-electron chi connectivity index (χ3n) is 5.11. The molecule has 1 aliphatic rings. The minimum Gasteiger partial charge on any atom is -0.481 e. The summed E-state index contributed by atoms with van der Waals surface area (Å²) >= 11 is 0. The molecule has 0 radical (unpaired) electrons. The van der Waals surface area contributed by atoms with Gasteiger partial charge in [-0.25, -0.2) is 4.79 Å². The smallest absolute Gasteiger partial charge is 0.325 e. The predicted molar refractivity (Wildman–Crippen MR) is 110 cm³/mol. The van der Waals surface area contributed by atoms with E-state index in [0.717, 1.165) is 16.0 Å². The molecule has 1 unspecified atom stereocenters. The average Bonchev–Trinajstić information content (AvgIpc) is 2.94. The summed E-state index contributed by atoms with van der Waals surface area (Å²) in [7, 11) is 0. The fraction of sp³-hybridized carbons (Fsp3) is 0.273. The summed E-state index contributed by atoms with van der Waals surface area (Å²) in [4.78, 5) is 50.3. The highest BCUT2D eigenvalue weighted by molar-refractivity contribution is 6.10. The molecule has 2 aromatic carbocycles. The Hall–Kier alpha value is -3.68. The van der Waals surface area contributed by atoms with Crippen LogP contribution in [0.5, 0.6) is 0 Å². The number of urea groups is 1. The Balaban J connectivity index is 1.82. The molecule has 4 amide bonds. The molecule has 1 heterocycles. The maximum absolute atomic E-state index is 13.2. The van der Waals surface area contributed by atoms with Gasteiger partial charge in [0.1, 0.15) is 12.1 Å². The first-order valence-corrected chi connectivity index (χ1v) is 9.51. The van der Waals surface area contributed by atoms with Crippen LogP contribution in [0.25, 0.3) is 0 Å². The van der Waals surface area contributed by atoms with Gasteiger partial charge in [0.25, 0.3) is 5.91 Å². The molecule has 2 aromatic rings. The Morgan fingerprint density at radius 2 is 1.80 bits per heavy atom. The van der Waals surface area contributed by atoms with E-state index in [-0.39, 0.29) is 12.8 Å². The van der Waals surface area contributed by atoms with E-state index in [0.29, 0.717) is 11.3 Å². The lowest BCUT2D eigenvalue weighted by Gasteiger charge is -2.26. The van der Waals surface area contributed by atoms with Gasteiger partial charge in [-0.15, -0.1) is 0 Å². The molecule has 30 heavy (non-hydrogen) atoms. The first kappa shape index (κ1) is 21.0. The molecule has 0 saturated carbocycles. The predicted octanol–water partition coefficient (Wildman–Crippen LogP) is 2.55. The van der Waals surface area contributed by atoms with Crippen molar-refractivity contribution in [3.8, 4) is 0 Å². The number of anilines is 1. The van der Waals surface area contributed by atoms with E-state index in [4.69, 9.17) is 5.11 Å². The van der Waals surface area contributed by atoms with Crippen molar-refractivity contribution in [1.82, 2.24) is 10.2 Å². The van der Waals surface area contributed by atoms with Crippen molar-refractivity contribution in [2.24, 2.45) is 0 Å². The van der Waals surface area contributed by atoms with Crippen LogP contribution in [-0.2, 0) is 19.9 Å². The van der Waals surface area contributed by atoms with E-state index in [1.54, 1.807) is 36.4 Å². The zero-order valence-corrected chi connectivity index (χ0v) is 16.8. The number of aliphatic carboxylic acids is 1. The Labute approximate surface area is 173 Å². The molecule has 0 spiro atoms. The van der Waals surface area contributed by atoms with Crippen LogP contribution in [-0.4, -0.2) is 40.4 Å². The van der Waals surface area contributed by atoms with Crippen molar-refractivity contribution < 1.29 is 24.3 Å². The number of amides is 4. The second-order valence-corrected chi connectivity index (χ2v) is 7.35. The number of aryl methyl sites for hydroxylation is 2. The number of imide groups is 1. The van der Waals surface area contributed by atoms with E-state index < -0.39 is 35.9 Å². The van der Waals surface area contributed by atoms with E-state index in [2.05, 4.69) is 10.6 Å². The van der Waals surface area contributed by atoms with E-state index in [9.17, 15) is 19.2 Å². The summed E-state index contributed by atoms with van der Waals surface area (Å²) in [5, 5.41) is 14.4. The van der Waals surface area contributed by atoms with Crippen LogP contribution in [0.15, 0.2) is 48.5 Å². The number of benzene rings is 2. The number of nitrogens with one attached hydrogen (secondary N) is 2. The summed E-state index contributed by atoms with van der Waals surface area (Å²) in [5.41, 5.74) is 1.46. The van der Waals surface area contributed by atoms with Gasteiger partial charge in [-0.3, -0.25) is 19.3 Å². The van der Waals surface area contributed by atoms with E-state index in [1.165, 1.54) is 0 Å². The zero-order valence-electron chi connectivity index (χ0n) is 16.8. The molecule has 0 bridgehead atoms. The molecule has 1 saturated heterocycles. The molecular weight excluding hydrogens is 386 g/mol. The molecule has 3 N–H and O–H groups in total. The monoisotopic (exact) mass is 409 g/mol. The van der Waals surface area contributed by atoms with Crippen LogP contribution in [0.3, 0.4) is 0 Å². The molecule has 0 aromatic heterocycles. The Morgan fingerprint density at radius 3 is 2.43 bits per heavy atom. The molecule has 1 aliphatic heterocycles. The average molecular weight is 409 g/mol. The van der Waals surface area contributed by atoms with Crippen molar-refractivity contribution in [3.05, 3.63) is 65.2 Å². The second kappa shape index (κ2) is 8.36. The van der Waals surface area contributed by atoms with Gasteiger partial charge in [0.15, 0.2) is 0 Å². The van der Waals surface area contributed by atoms with Gasteiger partial charge in [0, 0.05) is 12.1 Å². The maximum Gasteiger partial charge on any atom is 0.325 e. The van der Waals surface area contributed by atoms with Crippen LogP contribution in [0.2, 0.25) is 0 Å². The lowest BCUT2D eigenvalue weighted by molar-refractivity contribution is -0.138. The fourth-order valence-corrected chi connectivity index (χ4v) is 3.58. The summed E-state index contributed by atoms with van der Waals surface area (Å²) in [5.74, 6) is -2.25. The van der Waals surface area contributed by atoms with Gasteiger partial charge >= 0.3 is 12.0 Å². The molecule has 0 aliphatic carbocycles. The highest BCUT2D eigenvalue weighted by Gasteiger charge is 2.52. The van der Waals surface area contributed by atoms with Crippen LogP contribution in [0.1, 0.15) is 29.5 Å². The van der Waals surface area contributed by atoms with Crippen molar-refractivity contribution in [1.29, 1.82) is 0 Å². The number of carbonyl (C=O) groups excluding carboxylic acids is 3. The van der Waals surface area contributed by atoms with Crippen molar-refractivity contribution in [3.63, 3.8) is 0 Å². The third kappa shape index (κ3) is 4.17. The van der Waals surface area contributed by atoms with Gasteiger partial charge in [0.05, 0.1) is 0 Å². The number of nitrogens with zero attached hydrogens (tertiary/aromatic N) is 1. The van der Waals surface area contributed by atoms with Gasteiger partial charge < -0.3 is 15.7 Å². The molecule has 8 nitrogen and oxygen atoms in total. The summed E-state index contributed by atoms with van der Waals surface area (Å²) in [6.45, 7) is 3.31. The first-order valence-electron chi connectivity index (χ1n) is 9.51. The van der Waals surface area contributed by atoms with Gasteiger partial charge in [-0.1, -0.05) is 48.0 Å². The van der Waals surface area contributed by atoms with Crippen molar-refractivity contribution >= 4 is 29.5 Å². The summed E-state index contributed by atoms with van der Waals surface area (Å²) in [6, 6.07) is 13.3. The number of carboxylic acid groups (broad SMARTS) is 1. The summed E-state index contributed by atoms with van der Waals surface area (Å²) in [6.07, 6.45) is -0.435. The fourth-order valence-electron chi connectivity index (χ4n) is 3.58. The van der Waals surface area contributed by atoms with E-state index in [1.807, 2.05) is 26.0 Å². The minimum absolute atomic E-state index is 0.119. The Bertz CT molecular complexity index is 1010. The molecule has 8 heteroatoms. The Kier molecular flexibility index (Phi) is 5.86. The van der Waals surface area contributed by atoms with Gasteiger partial charge in [-0.2, -0.15) is 0 Å². The maximum atomic E-state index is 13.2. The van der Waals surface area contributed by atoms with E-state index >= 15 is 0 Å². The highest BCUT2D eigenvalue weighted by Crippen LogP contribution is 2.33. The second-order valence-electron chi connectivity index (χ2n) is 7.35. The lowest BCUT2D eigenvalue weighted by Crippen LogP contribution is -2.45. The number of hydrogen-bond donors (Lipinski definition) is 3. The molecule has 156 valence electrons. The normalized spacial score (nSPS) is 18.3. The van der Waals surface area contributed by atoms with Gasteiger partial charge in [0.2, 0.25) is 5.91 Å². The number of hydrogen-bond acceptors (Lipinski definition) is 4. The van der Waals surface area contributed by atoms with Crippen molar-refractivity contribution in [2.75, 3.05) is 11.9 Å². The van der Waals surface area contributed by atoms with Crippen LogP contribution in [0.4, 0.5) is 10.5 Å². The lowest BCUT2D eigenvalue weighted by atomic mass is 9.85. The standard InChI is InChI=1S/C22H23N3O5/c1-14-8-9-17(15(2)12-14)23-18(26)13-25-20(29)22(24-21(25)30,11-10-19(27)28)16-6-4-3-5-7-16/h3-9,12H,10-11,13H2,1-2H3,(H,23,26)(H,24,30)(H,27,28). The quantitative estimate of drug-likeness (QED) is 0.608. The Morgan fingerprint density at radius 1 is 1.10 bits per heavy atom. The molecule has 1 atom stereocenters. The topological polar surface area (TPSA) is 116 Å². The number of carboxylic acids is 1. The SMILES string of the molecule is Cc1ccc(NC(=O)CN2C(=O)NC(CCC(=O)O)(c3ccccc3)C2=O)c(C)c1. The molecule has 3 rings (SSSR count). The van der Waals surface area contributed by atoms with Crippen LogP contribution < -0.4 is 10.6 Å². The minimum atomic E-state index is -1.52.